The van der Waals surface area contributed by atoms with Crippen LogP contribution in [0.15, 0.2) is 85.5 Å². The number of nitrogens with one attached hydrogen (secondary N) is 2. The third-order valence-corrected chi connectivity index (χ3v) is 8.28. The van der Waals surface area contributed by atoms with Crippen molar-refractivity contribution in [1.29, 1.82) is 5.26 Å². The molecule has 0 bridgehead atoms. The van der Waals surface area contributed by atoms with Crippen LogP contribution in [-0.2, 0) is 16.0 Å². The zero-order chi connectivity index (χ0) is 36.1. The van der Waals surface area contributed by atoms with Gasteiger partial charge in [0.25, 0.3) is 11.8 Å². The highest BCUT2D eigenvalue weighted by atomic mass is 19.3. The topological polar surface area (TPSA) is 147 Å². The van der Waals surface area contributed by atoms with E-state index in [1.165, 1.54) is 18.5 Å². The summed E-state index contributed by atoms with van der Waals surface area (Å²) in [5.74, 6) is -3.01. The minimum absolute atomic E-state index is 0.260. The molecule has 1 unspecified atom stereocenters. The van der Waals surface area contributed by atoms with E-state index in [0.29, 0.717) is 36.5 Å². The average molecular weight is 697 g/mol. The van der Waals surface area contributed by atoms with Crippen molar-refractivity contribution >= 4 is 18.1 Å². The van der Waals surface area contributed by atoms with E-state index in [9.17, 15) is 23.2 Å². The number of alkyl halides is 2. The molecule has 2 aromatic carbocycles. The summed E-state index contributed by atoms with van der Waals surface area (Å²) in [4.78, 5) is 45.6. The summed E-state index contributed by atoms with van der Waals surface area (Å²) in [6.07, 6.45) is 8.57. The molecular weight excluding hydrogens is 658 g/mol. The number of likely N-dealkylation sites (tertiary alicyclic amines) is 1. The molecule has 0 spiro atoms. The van der Waals surface area contributed by atoms with Crippen LogP contribution in [0.4, 0.5) is 8.78 Å². The van der Waals surface area contributed by atoms with Gasteiger partial charge in [-0.1, -0.05) is 24.3 Å². The highest BCUT2D eigenvalue weighted by Crippen LogP contribution is 2.32. The summed E-state index contributed by atoms with van der Waals surface area (Å²) >= 11 is 0. The third-order valence-electron chi connectivity index (χ3n) is 8.28. The van der Waals surface area contributed by atoms with Gasteiger partial charge >= 0.3 is 0 Å². The lowest BCUT2D eigenvalue weighted by Gasteiger charge is -2.19. The lowest BCUT2D eigenvalue weighted by atomic mass is 10.0. The molecule has 3 heterocycles. The molecule has 5 rings (SSSR count). The first kappa shape index (κ1) is 36.5. The first-order chi connectivity index (χ1) is 24.8. The number of rotatable bonds is 17. The molecule has 0 aliphatic carbocycles. The van der Waals surface area contributed by atoms with E-state index in [-0.39, 0.29) is 5.56 Å². The Labute approximate surface area is 294 Å². The van der Waals surface area contributed by atoms with Crippen LogP contribution in [0.25, 0.3) is 22.3 Å². The normalized spacial score (nSPS) is 14.8. The second-order valence-electron chi connectivity index (χ2n) is 11.9. The number of hydrogen-bond donors (Lipinski definition) is 2. The fourth-order valence-electron chi connectivity index (χ4n) is 5.68. The molecule has 0 saturated carbocycles. The Hall–Kier alpha value is -5.74. The maximum atomic E-state index is 13.7. The summed E-state index contributed by atoms with van der Waals surface area (Å²) in [7, 11) is 0. The van der Waals surface area contributed by atoms with E-state index in [4.69, 9.17) is 14.7 Å². The molecule has 1 aliphatic heterocycles. The molecule has 4 aromatic rings. The lowest BCUT2D eigenvalue weighted by Crippen LogP contribution is -2.43. The van der Waals surface area contributed by atoms with Crippen molar-refractivity contribution in [3.8, 4) is 39.8 Å². The molecule has 13 heteroatoms. The van der Waals surface area contributed by atoms with Gasteiger partial charge in [-0.15, -0.1) is 0 Å². The van der Waals surface area contributed by atoms with E-state index in [2.05, 4.69) is 20.6 Å². The number of hydrogen-bond acceptors (Lipinski definition) is 9. The number of amides is 2. The molecular formula is C38H38F2N6O5. The standard InChI is InChI=1S/C38H38F2N6O5/c39-38(40)21-30(22-41)46(26-38)36(48)25-45-37(49)33-12-17-44-24-35(33)28-5-9-32(10-6-28)51-20-2-15-42-14-1-19-50-31-7-3-27(4-8-31)34-23-43-16-11-29(34)13-18-47/h3-12,16-18,23-24,30,42H,1-2,13-15,19-21,25-26H2,(H,45,49). The Morgan fingerprint density at radius 1 is 0.902 bits per heavy atom. The van der Waals surface area contributed by atoms with Crippen molar-refractivity contribution in [2.45, 2.75) is 37.6 Å². The summed E-state index contributed by atoms with van der Waals surface area (Å²) in [6.45, 7) is 1.28. The highest BCUT2D eigenvalue weighted by Gasteiger charge is 2.47. The zero-order valence-electron chi connectivity index (χ0n) is 27.9. The minimum atomic E-state index is -3.13. The van der Waals surface area contributed by atoms with Crippen molar-refractivity contribution in [3.63, 3.8) is 0 Å². The Morgan fingerprint density at radius 2 is 1.49 bits per heavy atom. The van der Waals surface area contributed by atoms with E-state index < -0.39 is 43.3 Å². The number of nitriles is 1. The monoisotopic (exact) mass is 696 g/mol. The van der Waals surface area contributed by atoms with Gasteiger partial charge in [-0.25, -0.2) is 8.78 Å². The smallest absolute Gasteiger partial charge is 0.268 e. The molecule has 1 aliphatic rings. The Kier molecular flexibility index (Phi) is 12.7. The maximum absolute atomic E-state index is 13.7. The van der Waals surface area contributed by atoms with Crippen LogP contribution in [0.3, 0.4) is 0 Å². The molecule has 1 atom stereocenters. The third kappa shape index (κ3) is 10.1. The largest absolute Gasteiger partial charge is 0.494 e. The number of aldehydes is 1. The van der Waals surface area contributed by atoms with Crippen LogP contribution in [0.5, 0.6) is 11.5 Å². The number of pyridine rings is 2. The molecule has 2 amide bonds. The van der Waals surface area contributed by atoms with Crippen LogP contribution in [0.2, 0.25) is 0 Å². The second-order valence-corrected chi connectivity index (χ2v) is 11.9. The number of nitrogens with zero attached hydrogens (tertiary/aromatic N) is 4. The molecule has 2 N–H and O–H groups in total. The van der Waals surface area contributed by atoms with Crippen LogP contribution >= 0.6 is 0 Å². The number of ether oxygens (including phenoxy) is 2. The fourth-order valence-corrected chi connectivity index (χ4v) is 5.68. The summed E-state index contributed by atoms with van der Waals surface area (Å²) in [5, 5.41) is 15.0. The van der Waals surface area contributed by atoms with Gasteiger partial charge in [0, 0.05) is 48.8 Å². The second kappa shape index (κ2) is 17.8. The molecule has 51 heavy (non-hydrogen) atoms. The Bertz CT molecular complexity index is 1830. The van der Waals surface area contributed by atoms with Gasteiger partial charge in [0.15, 0.2) is 0 Å². The molecule has 264 valence electrons. The van der Waals surface area contributed by atoms with Gasteiger partial charge in [-0.2, -0.15) is 5.26 Å². The Morgan fingerprint density at radius 3 is 2.10 bits per heavy atom. The molecule has 1 fully saturated rings. The molecule has 2 aromatic heterocycles. The SMILES string of the molecule is N#CC1CC(F)(F)CN1C(=O)CNC(=O)c1ccncc1-c1ccc(OCCCNCCCOc2ccc(-c3cnccc3CC=O)cc2)cc1. The van der Waals surface area contributed by atoms with Crippen LogP contribution in [0, 0.1) is 11.3 Å². The fraction of sp³-hybridized carbons (Fsp3) is 0.316. The van der Waals surface area contributed by atoms with Gasteiger partial charge < -0.3 is 29.8 Å². The molecule has 1 saturated heterocycles. The van der Waals surface area contributed by atoms with Crippen molar-refractivity contribution in [2.75, 3.05) is 39.4 Å². The predicted octanol–water partition coefficient (Wildman–Crippen LogP) is 4.87. The van der Waals surface area contributed by atoms with E-state index in [1.54, 1.807) is 42.7 Å². The number of benzene rings is 2. The van der Waals surface area contributed by atoms with Gasteiger partial charge in [0.05, 0.1) is 37.9 Å². The predicted molar refractivity (Wildman–Crippen MR) is 185 cm³/mol. The van der Waals surface area contributed by atoms with Crippen molar-refractivity contribution < 1.29 is 32.6 Å². The maximum Gasteiger partial charge on any atom is 0.268 e. The van der Waals surface area contributed by atoms with E-state index in [0.717, 1.165) is 59.6 Å². The minimum Gasteiger partial charge on any atom is -0.494 e. The lowest BCUT2D eigenvalue weighted by molar-refractivity contribution is -0.131. The van der Waals surface area contributed by atoms with Crippen molar-refractivity contribution in [3.05, 3.63) is 96.6 Å². The summed E-state index contributed by atoms with van der Waals surface area (Å²) in [6, 6.07) is 18.8. The highest BCUT2D eigenvalue weighted by molar-refractivity contribution is 6.02. The quantitative estimate of drug-likeness (QED) is 0.117. The van der Waals surface area contributed by atoms with Gasteiger partial charge in [-0.05, 0) is 79.0 Å². The first-order valence-corrected chi connectivity index (χ1v) is 16.6. The number of carbonyl (C=O) groups excluding carboxylic acids is 3. The Balaban J connectivity index is 0.985. The van der Waals surface area contributed by atoms with Crippen LogP contribution in [-0.4, -0.2) is 84.3 Å². The van der Waals surface area contributed by atoms with Crippen LogP contribution < -0.4 is 20.1 Å². The zero-order valence-corrected chi connectivity index (χ0v) is 27.9. The van der Waals surface area contributed by atoms with Crippen molar-refractivity contribution in [1.82, 2.24) is 25.5 Å². The average Bonchev–Trinajstić information content (AvgIpc) is 3.48. The number of halogens is 2. The van der Waals surface area contributed by atoms with Crippen molar-refractivity contribution in [2.24, 2.45) is 0 Å². The van der Waals surface area contributed by atoms with E-state index >= 15 is 0 Å². The van der Waals surface area contributed by atoms with Gasteiger partial charge in [-0.3, -0.25) is 19.6 Å². The molecule has 11 nitrogen and oxygen atoms in total. The van der Waals surface area contributed by atoms with E-state index in [1.807, 2.05) is 30.3 Å². The number of carbonyl (C=O) groups is 3. The van der Waals surface area contributed by atoms with Gasteiger partial charge in [0.1, 0.15) is 23.8 Å². The van der Waals surface area contributed by atoms with Crippen LogP contribution in [0.1, 0.15) is 35.2 Å². The van der Waals surface area contributed by atoms with Gasteiger partial charge in [0.2, 0.25) is 5.91 Å². The summed E-state index contributed by atoms with van der Waals surface area (Å²) in [5.41, 5.74) is 4.34. The first-order valence-electron chi connectivity index (χ1n) is 16.6. The molecule has 0 radical (unpaired) electrons. The number of aromatic nitrogens is 2. The summed E-state index contributed by atoms with van der Waals surface area (Å²) < 4.78 is 39.2.